The van der Waals surface area contributed by atoms with Crippen LogP contribution in [-0.2, 0) is 0 Å². The maximum absolute atomic E-state index is 6.30. The third-order valence-electron chi connectivity index (χ3n) is 3.52. The molecule has 0 aliphatic rings. The monoisotopic (exact) mass is 266 g/mol. The van der Waals surface area contributed by atoms with Gasteiger partial charge in [-0.3, -0.25) is 0 Å². The SMILES string of the molecule is CN(C)c1ccc(C(N)c2cc3ccccc3o2)cc1. The van der Waals surface area contributed by atoms with Gasteiger partial charge in [-0.2, -0.15) is 0 Å². The van der Waals surface area contributed by atoms with Crippen molar-refractivity contribution in [1.82, 2.24) is 0 Å². The molecule has 3 aromatic rings. The van der Waals surface area contributed by atoms with Crippen LogP contribution in [0.3, 0.4) is 0 Å². The molecule has 0 radical (unpaired) electrons. The quantitative estimate of drug-likeness (QED) is 0.788. The number of para-hydroxylation sites is 1. The zero-order valence-corrected chi connectivity index (χ0v) is 11.7. The van der Waals surface area contributed by atoms with E-state index < -0.39 is 0 Å². The number of furan rings is 1. The summed E-state index contributed by atoms with van der Waals surface area (Å²) >= 11 is 0. The van der Waals surface area contributed by atoms with Crippen LogP contribution in [0.4, 0.5) is 5.69 Å². The molecule has 3 heteroatoms. The number of nitrogens with two attached hydrogens (primary N) is 1. The Balaban J connectivity index is 1.93. The molecule has 0 saturated heterocycles. The lowest BCUT2D eigenvalue weighted by Crippen LogP contribution is -2.12. The van der Waals surface area contributed by atoms with Crippen LogP contribution >= 0.6 is 0 Å². The van der Waals surface area contributed by atoms with Crippen LogP contribution in [0.1, 0.15) is 17.4 Å². The van der Waals surface area contributed by atoms with Crippen molar-refractivity contribution in [2.75, 3.05) is 19.0 Å². The van der Waals surface area contributed by atoms with E-state index in [-0.39, 0.29) is 6.04 Å². The van der Waals surface area contributed by atoms with E-state index in [0.717, 1.165) is 28.0 Å². The molecule has 0 saturated carbocycles. The van der Waals surface area contributed by atoms with Gasteiger partial charge in [0.2, 0.25) is 0 Å². The van der Waals surface area contributed by atoms with E-state index in [1.807, 2.05) is 56.6 Å². The van der Waals surface area contributed by atoms with Crippen LogP contribution < -0.4 is 10.6 Å². The van der Waals surface area contributed by atoms with Gasteiger partial charge in [0.1, 0.15) is 11.3 Å². The van der Waals surface area contributed by atoms with E-state index in [2.05, 4.69) is 17.0 Å². The van der Waals surface area contributed by atoms with Gasteiger partial charge >= 0.3 is 0 Å². The molecule has 2 N–H and O–H groups in total. The molecule has 0 fully saturated rings. The van der Waals surface area contributed by atoms with E-state index in [0.29, 0.717) is 0 Å². The van der Waals surface area contributed by atoms with Gasteiger partial charge in [0, 0.05) is 25.2 Å². The van der Waals surface area contributed by atoms with Crippen molar-refractivity contribution >= 4 is 16.7 Å². The molecule has 0 bridgehead atoms. The van der Waals surface area contributed by atoms with Crippen molar-refractivity contribution in [3.05, 3.63) is 65.9 Å². The minimum Gasteiger partial charge on any atom is -0.459 e. The van der Waals surface area contributed by atoms with Gasteiger partial charge in [0.15, 0.2) is 0 Å². The van der Waals surface area contributed by atoms with Crippen LogP contribution in [0.15, 0.2) is 59.0 Å². The van der Waals surface area contributed by atoms with Gasteiger partial charge in [-0.05, 0) is 29.8 Å². The Labute approximate surface area is 118 Å². The largest absolute Gasteiger partial charge is 0.459 e. The molecule has 20 heavy (non-hydrogen) atoms. The standard InChI is InChI=1S/C17H18N2O/c1-19(2)14-9-7-12(8-10-14)17(18)16-11-13-5-3-4-6-15(13)20-16/h3-11,17H,18H2,1-2H3. The van der Waals surface area contributed by atoms with Crippen molar-refractivity contribution in [3.8, 4) is 0 Å². The Hall–Kier alpha value is -2.26. The summed E-state index contributed by atoms with van der Waals surface area (Å²) in [6.45, 7) is 0. The third kappa shape index (κ3) is 2.28. The number of fused-ring (bicyclic) bond motifs is 1. The highest BCUT2D eigenvalue weighted by Gasteiger charge is 2.14. The van der Waals surface area contributed by atoms with Gasteiger partial charge in [0.25, 0.3) is 0 Å². The lowest BCUT2D eigenvalue weighted by atomic mass is 10.0. The number of nitrogens with zero attached hydrogens (tertiary/aromatic N) is 1. The Morgan fingerprint density at radius 2 is 1.70 bits per heavy atom. The number of benzene rings is 2. The fourth-order valence-corrected chi connectivity index (χ4v) is 2.30. The molecule has 1 unspecified atom stereocenters. The fourth-order valence-electron chi connectivity index (χ4n) is 2.30. The van der Waals surface area contributed by atoms with Crippen LogP contribution in [-0.4, -0.2) is 14.1 Å². The third-order valence-corrected chi connectivity index (χ3v) is 3.52. The van der Waals surface area contributed by atoms with Gasteiger partial charge in [-0.25, -0.2) is 0 Å². The maximum Gasteiger partial charge on any atom is 0.134 e. The van der Waals surface area contributed by atoms with Crippen LogP contribution in [0.2, 0.25) is 0 Å². The predicted molar refractivity (Wildman–Crippen MR) is 83.0 cm³/mol. The van der Waals surface area contributed by atoms with Gasteiger partial charge in [-0.1, -0.05) is 30.3 Å². The first kappa shape index (κ1) is 12.8. The topological polar surface area (TPSA) is 42.4 Å². The van der Waals surface area contributed by atoms with Crippen molar-refractivity contribution in [2.45, 2.75) is 6.04 Å². The molecule has 2 aromatic carbocycles. The van der Waals surface area contributed by atoms with E-state index in [4.69, 9.17) is 10.2 Å². The molecule has 1 aromatic heterocycles. The van der Waals surface area contributed by atoms with E-state index in [9.17, 15) is 0 Å². The molecule has 1 heterocycles. The first-order chi connectivity index (χ1) is 9.65. The second kappa shape index (κ2) is 5.02. The maximum atomic E-state index is 6.30. The molecule has 0 spiro atoms. The summed E-state index contributed by atoms with van der Waals surface area (Å²) in [5, 5.41) is 1.09. The number of rotatable bonds is 3. The Bertz CT molecular complexity index is 680. The van der Waals surface area contributed by atoms with Crippen LogP contribution in [0, 0.1) is 0 Å². The molecule has 3 nitrogen and oxygen atoms in total. The summed E-state index contributed by atoms with van der Waals surface area (Å²) in [6, 6.07) is 18.0. The van der Waals surface area contributed by atoms with Crippen LogP contribution in [0.5, 0.6) is 0 Å². The average Bonchev–Trinajstić information content (AvgIpc) is 2.90. The Morgan fingerprint density at radius 1 is 1.00 bits per heavy atom. The molecule has 0 aliphatic heterocycles. The molecule has 102 valence electrons. The minimum atomic E-state index is -0.237. The fraction of sp³-hybridized carbons (Fsp3) is 0.176. The van der Waals surface area contributed by atoms with Gasteiger partial charge in [0.05, 0.1) is 6.04 Å². The highest BCUT2D eigenvalue weighted by Crippen LogP contribution is 2.27. The molecular formula is C17H18N2O. The van der Waals surface area contributed by atoms with Gasteiger partial charge < -0.3 is 15.1 Å². The van der Waals surface area contributed by atoms with Gasteiger partial charge in [-0.15, -0.1) is 0 Å². The Kier molecular flexibility index (Phi) is 3.20. The lowest BCUT2D eigenvalue weighted by Gasteiger charge is -2.14. The van der Waals surface area contributed by atoms with Crippen LogP contribution in [0.25, 0.3) is 11.0 Å². The normalized spacial score (nSPS) is 12.6. The first-order valence-corrected chi connectivity index (χ1v) is 6.66. The average molecular weight is 266 g/mol. The highest BCUT2D eigenvalue weighted by molar-refractivity contribution is 5.78. The number of anilines is 1. The number of hydrogen-bond acceptors (Lipinski definition) is 3. The summed E-state index contributed by atoms with van der Waals surface area (Å²) in [5.41, 5.74) is 9.39. The predicted octanol–water partition coefficient (Wildman–Crippen LogP) is 3.55. The molecule has 1 atom stereocenters. The molecule has 0 aliphatic carbocycles. The van der Waals surface area contributed by atoms with Crippen molar-refractivity contribution < 1.29 is 4.42 Å². The summed E-state index contributed by atoms with van der Waals surface area (Å²) < 4.78 is 5.83. The zero-order chi connectivity index (χ0) is 14.1. The molecule has 0 amide bonds. The minimum absolute atomic E-state index is 0.237. The van der Waals surface area contributed by atoms with E-state index in [1.54, 1.807) is 0 Å². The summed E-state index contributed by atoms with van der Waals surface area (Å²) in [7, 11) is 4.04. The second-order valence-corrected chi connectivity index (χ2v) is 5.15. The van der Waals surface area contributed by atoms with Crippen molar-refractivity contribution in [1.29, 1.82) is 0 Å². The summed E-state index contributed by atoms with van der Waals surface area (Å²) in [4.78, 5) is 2.07. The number of hydrogen-bond donors (Lipinski definition) is 1. The lowest BCUT2D eigenvalue weighted by molar-refractivity contribution is 0.525. The van der Waals surface area contributed by atoms with Crippen molar-refractivity contribution in [3.63, 3.8) is 0 Å². The van der Waals surface area contributed by atoms with Crippen molar-refractivity contribution in [2.24, 2.45) is 5.73 Å². The molecular weight excluding hydrogens is 248 g/mol. The summed E-state index contributed by atoms with van der Waals surface area (Å²) in [6.07, 6.45) is 0. The summed E-state index contributed by atoms with van der Waals surface area (Å²) in [5.74, 6) is 0.795. The van der Waals surface area contributed by atoms with E-state index >= 15 is 0 Å². The Morgan fingerprint density at radius 3 is 2.35 bits per heavy atom. The molecule has 3 rings (SSSR count). The van der Waals surface area contributed by atoms with E-state index in [1.165, 1.54) is 0 Å². The smallest absolute Gasteiger partial charge is 0.134 e. The zero-order valence-electron chi connectivity index (χ0n) is 11.7. The highest BCUT2D eigenvalue weighted by atomic mass is 16.3. The second-order valence-electron chi connectivity index (χ2n) is 5.15. The first-order valence-electron chi connectivity index (χ1n) is 6.66.